The van der Waals surface area contributed by atoms with Crippen molar-refractivity contribution in [3.63, 3.8) is 0 Å². The molecule has 1 heterocycles. The number of amides is 1. The first-order valence-corrected chi connectivity index (χ1v) is 6.96. The zero-order valence-electron chi connectivity index (χ0n) is 10.8. The minimum absolute atomic E-state index is 0.102. The van der Waals surface area contributed by atoms with Crippen LogP contribution in [0.15, 0.2) is 34.9 Å². The van der Waals surface area contributed by atoms with Crippen molar-refractivity contribution >= 4 is 16.9 Å². The van der Waals surface area contributed by atoms with Crippen molar-refractivity contribution in [3.8, 4) is 0 Å². The van der Waals surface area contributed by atoms with Crippen LogP contribution >= 0.6 is 0 Å². The predicted molar refractivity (Wildman–Crippen MR) is 72.5 cm³/mol. The largest absolute Gasteiger partial charge is 0.464 e. The summed E-state index contributed by atoms with van der Waals surface area (Å²) in [4.78, 5) is 11.5. The van der Waals surface area contributed by atoms with Crippen LogP contribution < -0.4 is 5.73 Å². The standard InChI is InChI=1S/C16H17NO2/c17-15(18)16(5-6-16)9-11-8-13(11)12-3-1-2-10-4-7-19-14(10)12/h1-4,7,11,13H,5-6,8-9H2,(H2,17,18). The number of carbonyl (C=O) groups is 1. The number of hydrogen-bond acceptors (Lipinski definition) is 2. The van der Waals surface area contributed by atoms with Gasteiger partial charge in [-0.3, -0.25) is 4.79 Å². The van der Waals surface area contributed by atoms with E-state index in [0.717, 1.165) is 31.3 Å². The van der Waals surface area contributed by atoms with Gasteiger partial charge in [-0.2, -0.15) is 0 Å². The Morgan fingerprint density at radius 1 is 1.37 bits per heavy atom. The average molecular weight is 255 g/mol. The van der Waals surface area contributed by atoms with Crippen molar-refractivity contribution in [2.45, 2.75) is 31.6 Å². The van der Waals surface area contributed by atoms with Crippen LogP contribution in [-0.4, -0.2) is 5.91 Å². The van der Waals surface area contributed by atoms with Crippen molar-refractivity contribution in [1.29, 1.82) is 0 Å². The number of rotatable bonds is 4. The summed E-state index contributed by atoms with van der Waals surface area (Å²) in [6.45, 7) is 0. The molecule has 19 heavy (non-hydrogen) atoms. The first-order valence-electron chi connectivity index (χ1n) is 6.96. The lowest BCUT2D eigenvalue weighted by molar-refractivity contribution is -0.123. The Morgan fingerprint density at radius 2 is 2.21 bits per heavy atom. The van der Waals surface area contributed by atoms with Gasteiger partial charge in [0.1, 0.15) is 5.58 Å². The van der Waals surface area contributed by atoms with Crippen LogP contribution in [0, 0.1) is 11.3 Å². The van der Waals surface area contributed by atoms with Crippen molar-refractivity contribution in [1.82, 2.24) is 0 Å². The fourth-order valence-electron chi connectivity index (χ4n) is 3.37. The summed E-state index contributed by atoms with van der Waals surface area (Å²) in [5.74, 6) is 1.05. The quantitative estimate of drug-likeness (QED) is 0.912. The van der Waals surface area contributed by atoms with Crippen molar-refractivity contribution in [2.75, 3.05) is 0 Å². The highest BCUT2D eigenvalue weighted by Crippen LogP contribution is 2.60. The minimum Gasteiger partial charge on any atom is -0.464 e. The zero-order chi connectivity index (χ0) is 13.0. The van der Waals surface area contributed by atoms with Gasteiger partial charge < -0.3 is 10.2 Å². The van der Waals surface area contributed by atoms with E-state index in [1.54, 1.807) is 6.26 Å². The second kappa shape index (κ2) is 3.62. The van der Waals surface area contributed by atoms with Crippen molar-refractivity contribution in [2.24, 2.45) is 17.1 Å². The molecule has 1 amide bonds. The fourth-order valence-corrected chi connectivity index (χ4v) is 3.37. The number of fused-ring (bicyclic) bond motifs is 1. The second-order valence-electron chi connectivity index (χ2n) is 6.14. The van der Waals surface area contributed by atoms with Gasteiger partial charge in [0.2, 0.25) is 5.91 Å². The predicted octanol–water partition coefficient (Wildman–Crippen LogP) is 3.19. The van der Waals surface area contributed by atoms with Crippen LogP contribution in [0.5, 0.6) is 0 Å². The normalized spacial score (nSPS) is 27.4. The summed E-state index contributed by atoms with van der Waals surface area (Å²) in [6.07, 6.45) is 5.84. The second-order valence-corrected chi connectivity index (χ2v) is 6.14. The van der Waals surface area contributed by atoms with Crippen molar-refractivity contribution in [3.05, 3.63) is 36.1 Å². The van der Waals surface area contributed by atoms with E-state index in [4.69, 9.17) is 10.2 Å². The van der Waals surface area contributed by atoms with Gasteiger partial charge in [0.05, 0.1) is 6.26 Å². The molecular weight excluding hydrogens is 238 g/mol. The van der Waals surface area contributed by atoms with Gasteiger partial charge in [-0.15, -0.1) is 0 Å². The lowest BCUT2D eigenvalue weighted by Crippen LogP contribution is -2.25. The van der Waals surface area contributed by atoms with E-state index in [1.165, 1.54) is 10.9 Å². The molecule has 2 atom stereocenters. The molecule has 1 aromatic carbocycles. The first kappa shape index (κ1) is 11.1. The fraction of sp³-hybridized carbons (Fsp3) is 0.438. The highest BCUT2D eigenvalue weighted by Gasteiger charge is 2.54. The molecule has 4 rings (SSSR count). The third-order valence-electron chi connectivity index (χ3n) is 4.86. The van der Waals surface area contributed by atoms with Gasteiger partial charge in [-0.05, 0) is 49.1 Å². The summed E-state index contributed by atoms with van der Waals surface area (Å²) in [5.41, 5.74) is 7.65. The number of para-hydroxylation sites is 1. The van der Waals surface area contributed by atoms with Crippen LogP contribution in [0.1, 0.15) is 37.2 Å². The summed E-state index contributed by atoms with van der Waals surface area (Å²) in [6, 6.07) is 8.32. The molecule has 0 radical (unpaired) electrons. The molecule has 2 aliphatic carbocycles. The number of nitrogens with two attached hydrogens (primary N) is 1. The Kier molecular flexibility index (Phi) is 2.12. The Morgan fingerprint density at radius 3 is 2.95 bits per heavy atom. The Hall–Kier alpha value is -1.77. The van der Waals surface area contributed by atoms with Crippen LogP contribution in [0.25, 0.3) is 11.0 Å². The number of furan rings is 1. The lowest BCUT2D eigenvalue weighted by Gasteiger charge is -2.10. The van der Waals surface area contributed by atoms with Crippen LogP contribution in [0.2, 0.25) is 0 Å². The van der Waals surface area contributed by atoms with E-state index in [0.29, 0.717) is 11.8 Å². The molecule has 2 fully saturated rings. The molecule has 0 aliphatic heterocycles. The maximum absolute atomic E-state index is 11.5. The van der Waals surface area contributed by atoms with E-state index in [9.17, 15) is 4.79 Å². The number of benzene rings is 1. The molecule has 0 saturated heterocycles. The number of carbonyl (C=O) groups excluding carboxylic acids is 1. The first-order chi connectivity index (χ1) is 9.20. The van der Waals surface area contributed by atoms with Gasteiger partial charge in [0, 0.05) is 10.8 Å². The molecule has 0 bridgehead atoms. The Labute approximate surface area is 111 Å². The minimum atomic E-state index is -0.170. The molecule has 98 valence electrons. The molecule has 3 heteroatoms. The average Bonchev–Trinajstić information content (AvgIpc) is 3.29. The third kappa shape index (κ3) is 1.68. The SMILES string of the molecule is NC(=O)C1(CC2CC2c2cccc3ccoc23)CC1. The van der Waals surface area contributed by atoms with E-state index in [2.05, 4.69) is 18.2 Å². The van der Waals surface area contributed by atoms with Gasteiger partial charge in [-0.25, -0.2) is 0 Å². The maximum atomic E-state index is 11.5. The lowest BCUT2D eigenvalue weighted by atomic mass is 9.96. The third-order valence-corrected chi connectivity index (χ3v) is 4.86. The van der Waals surface area contributed by atoms with Gasteiger partial charge in [0.25, 0.3) is 0 Å². The molecule has 2 N–H and O–H groups in total. The Balaban J connectivity index is 1.56. The van der Waals surface area contributed by atoms with Crippen molar-refractivity contribution < 1.29 is 9.21 Å². The summed E-state index contributed by atoms with van der Waals surface area (Å²) in [5, 5.41) is 1.17. The molecule has 2 aromatic rings. The van der Waals surface area contributed by atoms with E-state index in [1.807, 2.05) is 6.07 Å². The molecule has 2 saturated carbocycles. The summed E-state index contributed by atoms with van der Waals surface area (Å²) in [7, 11) is 0. The summed E-state index contributed by atoms with van der Waals surface area (Å²) >= 11 is 0. The molecule has 0 spiro atoms. The highest BCUT2D eigenvalue weighted by atomic mass is 16.3. The number of hydrogen-bond donors (Lipinski definition) is 1. The number of primary amides is 1. The zero-order valence-corrected chi connectivity index (χ0v) is 10.8. The summed E-state index contributed by atoms with van der Waals surface area (Å²) < 4.78 is 5.60. The maximum Gasteiger partial charge on any atom is 0.223 e. The van der Waals surface area contributed by atoms with Crippen LogP contribution in [0.3, 0.4) is 0 Å². The van der Waals surface area contributed by atoms with E-state index < -0.39 is 0 Å². The van der Waals surface area contributed by atoms with Gasteiger partial charge >= 0.3 is 0 Å². The monoisotopic (exact) mass is 255 g/mol. The topological polar surface area (TPSA) is 56.2 Å². The van der Waals surface area contributed by atoms with E-state index in [-0.39, 0.29) is 11.3 Å². The molecule has 2 unspecified atom stereocenters. The molecule has 1 aromatic heterocycles. The van der Waals surface area contributed by atoms with Crippen LogP contribution in [0.4, 0.5) is 0 Å². The van der Waals surface area contributed by atoms with Gasteiger partial charge in [0.15, 0.2) is 0 Å². The Bertz CT molecular complexity index is 654. The molecular formula is C16H17NO2. The molecule has 2 aliphatic rings. The highest BCUT2D eigenvalue weighted by molar-refractivity contribution is 5.84. The smallest absolute Gasteiger partial charge is 0.223 e. The van der Waals surface area contributed by atoms with E-state index >= 15 is 0 Å². The molecule has 3 nitrogen and oxygen atoms in total. The van der Waals surface area contributed by atoms with Gasteiger partial charge in [-0.1, -0.05) is 18.2 Å². The van der Waals surface area contributed by atoms with Crippen LogP contribution in [-0.2, 0) is 4.79 Å².